The molecule has 1 N–H and O–H groups in total. The average Bonchev–Trinajstić information content (AvgIpc) is 3.13. The van der Waals surface area contributed by atoms with Crippen molar-refractivity contribution in [3.05, 3.63) is 72.4 Å². The molecule has 134 valence electrons. The second kappa shape index (κ2) is 7.55. The van der Waals surface area contributed by atoms with Crippen LogP contribution in [0.4, 0.5) is 5.69 Å². The summed E-state index contributed by atoms with van der Waals surface area (Å²) in [5.74, 6) is 0.676. The number of ether oxygens (including phenoxy) is 1. The summed E-state index contributed by atoms with van der Waals surface area (Å²) in [6, 6.07) is 19.0. The molecule has 0 saturated heterocycles. The van der Waals surface area contributed by atoms with Crippen molar-refractivity contribution in [2.45, 2.75) is 6.42 Å². The number of hydrogen-bond acceptors (Lipinski definition) is 5. The molecule has 5 nitrogen and oxygen atoms in total. The van der Waals surface area contributed by atoms with E-state index in [1.165, 1.54) is 0 Å². The van der Waals surface area contributed by atoms with Gasteiger partial charge in [-0.1, -0.05) is 23.5 Å². The number of carbonyl (C=O) groups is 1. The minimum atomic E-state index is -0.0693. The lowest BCUT2D eigenvalue weighted by atomic mass is 10.1. The number of carbonyl (C=O) groups excluding carboxylic acids is 1. The predicted octanol–water partition coefficient (Wildman–Crippen LogP) is 4.55. The van der Waals surface area contributed by atoms with Gasteiger partial charge in [0.15, 0.2) is 0 Å². The Morgan fingerprint density at radius 2 is 1.96 bits per heavy atom. The Labute approximate surface area is 160 Å². The van der Waals surface area contributed by atoms with Crippen LogP contribution in [0.2, 0.25) is 0 Å². The maximum Gasteiger partial charge on any atom is 0.228 e. The summed E-state index contributed by atoms with van der Waals surface area (Å²) >= 11 is 1.55. The van der Waals surface area contributed by atoms with Gasteiger partial charge in [0.05, 0.1) is 13.5 Å². The fourth-order valence-electron chi connectivity index (χ4n) is 2.76. The van der Waals surface area contributed by atoms with Gasteiger partial charge in [-0.05, 0) is 54.1 Å². The lowest BCUT2D eigenvalue weighted by Crippen LogP contribution is -2.14. The van der Waals surface area contributed by atoms with E-state index >= 15 is 0 Å². The van der Waals surface area contributed by atoms with Crippen molar-refractivity contribution in [3.8, 4) is 16.3 Å². The summed E-state index contributed by atoms with van der Waals surface area (Å²) < 4.78 is 5.19. The molecule has 0 unspecified atom stereocenters. The van der Waals surface area contributed by atoms with Gasteiger partial charge < -0.3 is 10.1 Å². The van der Waals surface area contributed by atoms with Crippen LogP contribution in [0, 0.1) is 0 Å². The van der Waals surface area contributed by atoms with Gasteiger partial charge in [0, 0.05) is 17.4 Å². The minimum Gasteiger partial charge on any atom is -0.497 e. The first-order valence-corrected chi connectivity index (χ1v) is 9.28. The van der Waals surface area contributed by atoms with E-state index < -0.39 is 0 Å². The third-order valence-corrected chi connectivity index (χ3v) is 5.11. The van der Waals surface area contributed by atoms with Gasteiger partial charge in [-0.25, -0.2) is 9.97 Å². The van der Waals surface area contributed by atoms with Gasteiger partial charge in [-0.2, -0.15) is 0 Å². The number of nitrogens with one attached hydrogen (secondary N) is 1. The highest BCUT2D eigenvalue weighted by Gasteiger charge is 2.08. The molecule has 4 rings (SSSR count). The van der Waals surface area contributed by atoms with Crippen LogP contribution < -0.4 is 10.1 Å². The summed E-state index contributed by atoms with van der Waals surface area (Å²) in [5.41, 5.74) is 3.56. The van der Waals surface area contributed by atoms with Gasteiger partial charge in [-0.15, -0.1) is 0 Å². The molecule has 2 aromatic heterocycles. The lowest BCUT2D eigenvalue weighted by molar-refractivity contribution is -0.115. The third kappa shape index (κ3) is 3.96. The molecule has 0 aliphatic heterocycles. The van der Waals surface area contributed by atoms with Gasteiger partial charge in [-0.3, -0.25) is 4.79 Å². The van der Waals surface area contributed by atoms with Crippen LogP contribution in [0.15, 0.2) is 66.9 Å². The van der Waals surface area contributed by atoms with Crippen molar-refractivity contribution < 1.29 is 9.53 Å². The van der Waals surface area contributed by atoms with Gasteiger partial charge in [0.1, 0.15) is 21.1 Å². The third-order valence-electron chi connectivity index (χ3n) is 4.08. The number of rotatable bonds is 5. The number of thiazole rings is 1. The molecule has 0 atom stereocenters. The quantitative estimate of drug-likeness (QED) is 0.556. The molecule has 2 heterocycles. The van der Waals surface area contributed by atoms with Crippen molar-refractivity contribution in [1.82, 2.24) is 9.97 Å². The van der Waals surface area contributed by atoms with Crippen LogP contribution >= 0.6 is 11.3 Å². The number of nitrogens with zero attached hydrogens (tertiary/aromatic N) is 2. The molecule has 4 aromatic rings. The van der Waals surface area contributed by atoms with Gasteiger partial charge in [0.2, 0.25) is 5.91 Å². The van der Waals surface area contributed by atoms with E-state index in [0.29, 0.717) is 6.42 Å². The van der Waals surface area contributed by atoms with E-state index in [9.17, 15) is 4.79 Å². The normalized spacial score (nSPS) is 10.7. The summed E-state index contributed by atoms with van der Waals surface area (Å²) in [6.07, 6.45) is 2.06. The molecule has 6 heteroatoms. The summed E-state index contributed by atoms with van der Waals surface area (Å²) in [5, 5.41) is 3.84. The Kier molecular flexibility index (Phi) is 4.80. The average molecular weight is 375 g/mol. The highest BCUT2D eigenvalue weighted by atomic mass is 32.1. The maximum atomic E-state index is 12.3. The highest BCUT2D eigenvalue weighted by molar-refractivity contribution is 7.21. The minimum absolute atomic E-state index is 0.0693. The fraction of sp³-hybridized carbons (Fsp3) is 0.0952. The summed E-state index contributed by atoms with van der Waals surface area (Å²) in [6.45, 7) is 0. The van der Waals surface area contributed by atoms with Crippen LogP contribution in [-0.4, -0.2) is 23.0 Å². The molecule has 1 amide bonds. The first-order chi connectivity index (χ1) is 13.2. The van der Waals surface area contributed by atoms with Crippen LogP contribution in [0.3, 0.4) is 0 Å². The largest absolute Gasteiger partial charge is 0.497 e. The summed E-state index contributed by atoms with van der Waals surface area (Å²) in [4.78, 5) is 22.1. The Morgan fingerprint density at radius 1 is 1.11 bits per heavy atom. The van der Waals surface area contributed by atoms with Crippen molar-refractivity contribution >= 4 is 33.3 Å². The van der Waals surface area contributed by atoms with Crippen LogP contribution in [0.5, 0.6) is 5.75 Å². The standard InChI is InChI=1S/C21H17N3O2S/c1-26-17-5-2-4-14(12-17)13-19(25)23-16-9-7-15(8-10-16)20-24-18-6-3-11-22-21(18)27-20/h2-12H,13H2,1H3,(H,23,25). The number of amides is 1. The van der Waals surface area contributed by atoms with Crippen molar-refractivity contribution in [2.75, 3.05) is 12.4 Å². The van der Waals surface area contributed by atoms with E-state index in [2.05, 4.69) is 15.3 Å². The summed E-state index contributed by atoms with van der Waals surface area (Å²) in [7, 11) is 1.61. The molecule has 0 aliphatic rings. The topological polar surface area (TPSA) is 64.1 Å². The zero-order valence-corrected chi connectivity index (χ0v) is 15.5. The first kappa shape index (κ1) is 17.2. The molecule has 0 saturated carbocycles. The number of benzene rings is 2. The molecule has 0 spiro atoms. The molecule has 0 aliphatic carbocycles. The molecular weight excluding hydrogens is 358 g/mol. The van der Waals surface area contributed by atoms with E-state index in [1.807, 2.05) is 60.7 Å². The number of aromatic nitrogens is 2. The number of anilines is 1. The van der Waals surface area contributed by atoms with Crippen molar-refractivity contribution in [2.24, 2.45) is 0 Å². The number of methoxy groups -OCH3 is 1. The van der Waals surface area contributed by atoms with Crippen LogP contribution in [0.25, 0.3) is 20.9 Å². The monoisotopic (exact) mass is 375 g/mol. The number of pyridine rings is 1. The smallest absolute Gasteiger partial charge is 0.228 e. The molecular formula is C21H17N3O2S. The zero-order valence-electron chi connectivity index (χ0n) is 14.7. The molecule has 0 fully saturated rings. The second-order valence-electron chi connectivity index (χ2n) is 6.00. The number of hydrogen-bond donors (Lipinski definition) is 1. The zero-order chi connectivity index (χ0) is 18.6. The highest BCUT2D eigenvalue weighted by Crippen LogP contribution is 2.29. The Balaban J connectivity index is 1.44. The Morgan fingerprint density at radius 3 is 2.74 bits per heavy atom. The van der Waals surface area contributed by atoms with Gasteiger partial charge in [0.25, 0.3) is 0 Å². The molecule has 2 aromatic carbocycles. The van der Waals surface area contributed by atoms with Gasteiger partial charge >= 0.3 is 0 Å². The van der Waals surface area contributed by atoms with E-state index in [-0.39, 0.29) is 5.91 Å². The SMILES string of the molecule is COc1cccc(CC(=O)Nc2ccc(-c3nc4cccnc4s3)cc2)c1. The fourth-order valence-corrected chi connectivity index (χ4v) is 3.68. The Hall–Kier alpha value is -3.25. The van der Waals surface area contributed by atoms with Crippen LogP contribution in [0.1, 0.15) is 5.56 Å². The second-order valence-corrected chi connectivity index (χ2v) is 6.98. The van der Waals surface area contributed by atoms with E-state index in [4.69, 9.17) is 4.74 Å². The first-order valence-electron chi connectivity index (χ1n) is 8.46. The van der Waals surface area contributed by atoms with Crippen molar-refractivity contribution in [3.63, 3.8) is 0 Å². The molecule has 0 radical (unpaired) electrons. The maximum absolute atomic E-state index is 12.3. The number of fused-ring (bicyclic) bond motifs is 1. The van der Waals surface area contributed by atoms with E-state index in [0.717, 1.165) is 37.9 Å². The van der Waals surface area contributed by atoms with Crippen LogP contribution in [-0.2, 0) is 11.2 Å². The lowest BCUT2D eigenvalue weighted by Gasteiger charge is -2.07. The van der Waals surface area contributed by atoms with E-state index in [1.54, 1.807) is 24.6 Å². The predicted molar refractivity (Wildman–Crippen MR) is 108 cm³/mol. The molecule has 27 heavy (non-hydrogen) atoms. The van der Waals surface area contributed by atoms with Crippen molar-refractivity contribution in [1.29, 1.82) is 0 Å². The Bertz CT molecular complexity index is 1060. The molecule has 0 bridgehead atoms.